The first kappa shape index (κ1) is 29.6. The van der Waals surface area contributed by atoms with E-state index in [0.717, 1.165) is 24.2 Å². The number of non-ortho nitro benzene ring substituents is 2. The van der Waals surface area contributed by atoms with Crippen molar-refractivity contribution in [1.29, 1.82) is 0 Å². The molecule has 0 saturated heterocycles. The molecule has 0 aliphatic carbocycles. The Kier molecular flexibility index (Phi) is 10.4. The molecule has 0 fully saturated rings. The fourth-order valence-corrected chi connectivity index (χ4v) is 3.95. The zero-order chi connectivity index (χ0) is 29.7. The Morgan fingerprint density at radius 2 is 0.929 bits per heavy atom. The Balaban J connectivity index is 1.16. The van der Waals surface area contributed by atoms with Gasteiger partial charge in [-0.2, -0.15) is 0 Å². The lowest BCUT2D eigenvalue weighted by atomic mass is 10.1. The molecule has 0 aromatic heterocycles. The van der Waals surface area contributed by atoms with Crippen LogP contribution in [0.3, 0.4) is 0 Å². The quantitative estimate of drug-likeness (QED) is 0.100. The average molecular weight is 568 g/mol. The third-order valence-electron chi connectivity index (χ3n) is 6.17. The Morgan fingerprint density at radius 3 is 1.26 bits per heavy atom. The maximum absolute atomic E-state index is 10.7. The van der Waals surface area contributed by atoms with Crippen LogP contribution >= 0.6 is 0 Å². The van der Waals surface area contributed by atoms with Crippen molar-refractivity contribution in [3.8, 4) is 0 Å². The monoisotopic (exact) mass is 567 g/mol. The molecule has 0 radical (unpaired) electrons. The van der Waals surface area contributed by atoms with Gasteiger partial charge in [0.1, 0.15) is 13.2 Å². The molecule has 4 rings (SSSR count). The summed E-state index contributed by atoms with van der Waals surface area (Å²) in [5.74, 6) is 0. The third kappa shape index (κ3) is 9.35. The number of oxime groups is 2. The first-order chi connectivity index (χ1) is 20.4. The standard InChI is InChI=1S/C31H29N5O6/c1-34(20-26-2-6-28(7-3-26)22-41-32-18-24-10-14-30(15-11-24)35(37)38)21-27-4-8-29(9-5-27)23-42-33-19-25-12-16-31(17-13-25)36(39)40/h2-19H,20-23H2,1H3/b32-18+,33-19+. The molecule has 0 atom stereocenters. The van der Waals surface area contributed by atoms with Crippen LogP contribution in [0, 0.1) is 20.2 Å². The van der Waals surface area contributed by atoms with Crippen molar-refractivity contribution in [3.63, 3.8) is 0 Å². The molecule has 0 heterocycles. The minimum Gasteiger partial charge on any atom is -0.391 e. The first-order valence-corrected chi connectivity index (χ1v) is 13.0. The molecule has 4 aromatic carbocycles. The summed E-state index contributed by atoms with van der Waals surface area (Å²) < 4.78 is 0. The van der Waals surface area contributed by atoms with Gasteiger partial charge < -0.3 is 9.68 Å². The summed E-state index contributed by atoms with van der Waals surface area (Å²) in [6.45, 7) is 2.19. The van der Waals surface area contributed by atoms with Gasteiger partial charge in [-0.15, -0.1) is 0 Å². The smallest absolute Gasteiger partial charge is 0.269 e. The second-order valence-corrected chi connectivity index (χ2v) is 9.52. The van der Waals surface area contributed by atoms with Crippen molar-refractivity contribution in [2.45, 2.75) is 26.3 Å². The van der Waals surface area contributed by atoms with Crippen LogP contribution in [0.25, 0.3) is 0 Å². The second kappa shape index (κ2) is 14.8. The number of benzene rings is 4. The molecule has 4 aromatic rings. The Bertz CT molecular complexity index is 1400. The number of nitrogens with zero attached hydrogens (tertiary/aromatic N) is 5. The highest BCUT2D eigenvalue weighted by atomic mass is 16.6. The normalized spacial score (nSPS) is 11.3. The molecule has 0 aliphatic heterocycles. The fourth-order valence-electron chi connectivity index (χ4n) is 3.95. The highest BCUT2D eigenvalue weighted by Crippen LogP contribution is 2.14. The van der Waals surface area contributed by atoms with Crippen molar-refractivity contribution in [2.24, 2.45) is 10.3 Å². The van der Waals surface area contributed by atoms with E-state index in [-0.39, 0.29) is 11.4 Å². The van der Waals surface area contributed by atoms with Crippen molar-refractivity contribution < 1.29 is 19.5 Å². The lowest BCUT2D eigenvalue weighted by molar-refractivity contribution is -0.385. The topological polar surface area (TPSA) is 133 Å². The van der Waals surface area contributed by atoms with Gasteiger partial charge in [0, 0.05) is 37.4 Å². The summed E-state index contributed by atoms with van der Waals surface area (Å²) in [5, 5.41) is 29.3. The van der Waals surface area contributed by atoms with Crippen molar-refractivity contribution in [1.82, 2.24) is 4.90 Å². The molecule has 0 amide bonds. The van der Waals surface area contributed by atoms with E-state index in [2.05, 4.69) is 46.5 Å². The van der Waals surface area contributed by atoms with Crippen molar-refractivity contribution in [2.75, 3.05) is 7.05 Å². The Morgan fingerprint density at radius 1 is 0.595 bits per heavy atom. The molecular formula is C31H29N5O6. The van der Waals surface area contributed by atoms with Crippen LogP contribution in [0.15, 0.2) is 107 Å². The molecule has 0 saturated carbocycles. The average Bonchev–Trinajstić information content (AvgIpc) is 2.99. The largest absolute Gasteiger partial charge is 0.391 e. The van der Waals surface area contributed by atoms with Gasteiger partial charge in [0.2, 0.25) is 0 Å². The fraction of sp³-hybridized carbons (Fsp3) is 0.161. The number of hydrogen-bond acceptors (Lipinski definition) is 9. The van der Waals surface area contributed by atoms with Gasteiger partial charge in [-0.25, -0.2) is 0 Å². The van der Waals surface area contributed by atoms with Crippen molar-refractivity contribution >= 4 is 23.8 Å². The van der Waals surface area contributed by atoms with Gasteiger partial charge in [0.25, 0.3) is 11.4 Å². The van der Waals surface area contributed by atoms with E-state index in [0.29, 0.717) is 24.3 Å². The van der Waals surface area contributed by atoms with Gasteiger partial charge >= 0.3 is 0 Å². The van der Waals surface area contributed by atoms with Crippen LogP contribution in [0.5, 0.6) is 0 Å². The van der Waals surface area contributed by atoms with Gasteiger partial charge in [-0.05, 0) is 64.7 Å². The third-order valence-corrected chi connectivity index (χ3v) is 6.17. The van der Waals surface area contributed by atoms with Gasteiger partial charge in [0.15, 0.2) is 0 Å². The van der Waals surface area contributed by atoms with Crippen LogP contribution < -0.4 is 0 Å². The SMILES string of the molecule is CN(Cc1ccc(CO/N=C/c2ccc([N+](=O)[O-])cc2)cc1)Cc1ccc(CO/N=C/c2ccc([N+](=O)[O-])cc2)cc1. The number of rotatable bonds is 14. The minimum absolute atomic E-state index is 0.0319. The lowest BCUT2D eigenvalue weighted by Gasteiger charge is -2.17. The summed E-state index contributed by atoms with van der Waals surface area (Å²) in [6, 6.07) is 28.4. The molecular weight excluding hydrogens is 538 g/mol. The molecule has 11 heteroatoms. The zero-order valence-corrected chi connectivity index (χ0v) is 22.9. The summed E-state index contributed by atoms with van der Waals surface area (Å²) in [7, 11) is 2.06. The summed E-state index contributed by atoms with van der Waals surface area (Å²) in [5.41, 5.74) is 5.81. The number of hydrogen-bond donors (Lipinski definition) is 0. The first-order valence-electron chi connectivity index (χ1n) is 13.0. The minimum atomic E-state index is -0.443. The van der Waals surface area contributed by atoms with E-state index in [1.165, 1.54) is 47.8 Å². The molecule has 214 valence electrons. The van der Waals surface area contributed by atoms with Crippen molar-refractivity contribution in [3.05, 3.63) is 151 Å². The maximum Gasteiger partial charge on any atom is 0.269 e. The Hall–Kier alpha value is -5.42. The maximum atomic E-state index is 10.7. The van der Waals surface area contributed by atoms with Crippen LogP contribution in [0.4, 0.5) is 11.4 Å². The van der Waals surface area contributed by atoms with E-state index in [1.807, 2.05) is 24.3 Å². The lowest BCUT2D eigenvalue weighted by Crippen LogP contribution is -2.17. The van der Waals surface area contributed by atoms with E-state index in [4.69, 9.17) is 9.68 Å². The Labute approximate surface area is 242 Å². The van der Waals surface area contributed by atoms with Crippen LogP contribution in [0.2, 0.25) is 0 Å². The molecule has 0 unspecified atom stereocenters. The summed E-state index contributed by atoms with van der Waals surface area (Å²) >= 11 is 0. The highest BCUT2D eigenvalue weighted by molar-refractivity contribution is 5.79. The molecule has 0 spiro atoms. The number of nitro groups is 2. The predicted octanol–water partition coefficient (Wildman–Crippen LogP) is 6.24. The predicted molar refractivity (Wildman–Crippen MR) is 159 cm³/mol. The molecule has 42 heavy (non-hydrogen) atoms. The van der Waals surface area contributed by atoms with Crippen LogP contribution in [0.1, 0.15) is 33.4 Å². The van der Waals surface area contributed by atoms with E-state index in [1.54, 1.807) is 24.3 Å². The second-order valence-electron chi connectivity index (χ2n) is 9.52. The van der Waals surface area contributed by atoms with E-state index in [9.17, 15) is 20.2 Å². The van der Waals surface area contributed by atoms with Gasteiger partial charge in [0.05, 0.1) is 22.3 Å². The van der Waals surface area contributed by atoms with Gasteiger partial charge in [-0.3, -0.25) is 25.1 Å². The van der Waals surface area contributed by atoms with Crippen LogP contribution in [-0.2, 0) is 36.0 Å². The summed E-state index contributed by atoms with van der Waals surface area (Å²) in [6.07, 6.45) is 3.04. The summed E-state index contributed by atoms with van der Waals surface area (Å²) in [4.78, 5) is 33.5. The van der Waals surface area contributed by atoms with Crippen LogP contribution in [-0.4, -0.2) is 34.2 Å². The van der Waals surface area contributed by atoms with E-state index < -0.39 is 9.85 Å². The molecule has 0 aliphatic rings. The molecule has 0 N–H and O–H groups in total. The van der Waals surface area contributed by atoms with Gasteiger partial charge in [-0.1, -0.05) is 58.8 Å². The van der Waals surface area contributed by atoms with E-state index >= 15 is 0 Å². The zero-order valence-electron chi connectivity index (χ0n) is 22.9. The highest BCUT2D eigenvalue weighted by Gasteiger charge is 2.05. The number of nitro benzene ring substituents is 2. The molecule has 11 nitrogen and oxygen atoms in total. The molecule has 0 bridgehead atoms.